The molecule has 4 aliphatic rings. The van der Waals surface area contributed by atoms with Crippen molar-refractivity contribution in [2.45, 2.75) is 117 Å². The minimum Gasteiger partial charge on any atom is -0.393 e. The van der Waals surface area contributed by atoms with Crippen LogP contribution in [0.25, 0.3) is 0 Å². The second kappa shape index (κ2) is 8.98. The monoisotopic (exact) mass is 448 g/mol. The first-order valence-corrected chi connectivity index (χ1v) is 14.0. The summed E-state index contributed by atoms with van der Waals surface area (Å²) in [6.45, 7) is 14.7. The highest BCUT2D eigenvalue weighted by molar-refractivity contribution is 6.20. The maximum absolute atomic E-state index is 10.6. The smallest absolute Gasteiger partial charge is 0.0581 e. The Morgan fingerprint density at radius 2 is 1.77 bits per heavy atom. The van der Waals surface area contributed by atoms with Crippen molar-refractivity contribution in [3.63, 3.8) is 0 Å². The first-order chi connectivity index (χ1) is 14.6. The Kier molecular flexibility index (Phi) is 6.99. The van der Waals surface area contributed by atoms with Crippen LogP contribution < -0.4 is 0 Å². The lowest BCUT2D eigenvalue weighted by molar-refractivity contribution is -0.0790. The van der Waals surface area contributed by atoms with Gasteiger partial charge in [-0.15, -0.1) is 11.6 Å². The second-order valence-electron chi connectivity index (χ2n) is 13.0. The number of hydrogen-bond donors (Lipinski definition) is 1. The maximum Gasteiger partial charge on any atom is 0.0581 e. The van der Waals surface area contributed by atoms with E-state index in [0.29, 0.717) is 11.3 Å². The van der Waals surface area contributed by atoms with Gasteiger partial charge in [0.2, 0.25) is 0 Å². The fourth-order valence-electron chi connectivity index (χ4n) is 9.48. The van der Waals surface area contributed by atoms with Crippen LogP contribution in [0.2, 0.25) is 0 Å². The Morgan fingerprint density at radius 1 is 1.03 bits per heavy atom. The van der Waals surface area contributed by atoms with Gasteiger partial charge in [-0.25, -0.2) is 0 Å². The highest BCUT2D eigenvalue weighted by atomic mass is 35.5. The zero-order valence-electron chi connectivity index (χ0n) is 21.2. The third-order valence-corrected chi connectivity index (χ3v) is 11.3. The molecule has 0 amide bonds. The summed E-state index contributed by atoms with van der Waals surface area (Å²) < 4.78 is 0. The lowest BCUT2D eigenvalue weighted by atomic mass is 9.44. The van der Waals surface area contributed by atoms with Crippen LogP contribution in [-0.4, -0.2) is 16.6 Å². The fraction of sp³-hybridized carbons (Fsp3) is 0.931. The highest BCUT2D eigenvalue weighted by Gasteiger charge is 2.61. The number of allylic oxidation sites excluding steroid dienone is 1. The summed E-state index contributed by atoms with van der Waals surface area (Å²) in [5.74, 6) is 5.51. The first-order valence-electron chi connectivity index (χ1n) is 13.6. The van der Waals surface area contributed by atoms with E-state index in [1.165, 1.54) is 51.4 Å². The van der Waals surface area contributed by atoms with E-state index in [4.69, 9.17) is 11.6 Å². The first kappa shape index (κ1) is 24.1. The Labute approximate surface area is 197 Å². The average Bonchev–Trinajstić information content (AvgIpc) is 3.04. The zero-order chi connectivity index (χ0) is 22.6. The molecule has 2 unspecified atom stereocenters. The molecule has 10 atom stereocenters. The largest absolute Gasteiger partial charge is 0.393 e. The second-order valence-corrected chi connectivity index (χ2v) is 13.7. The van der Waals surface area contributed by atoms with E-state index in [1.54, 1.807) is 5.57 Å². The lowest BCUT2D eigenvalue weighted by Crippen LogP contribution is -2.55. The summed E-state index contributed by atoms with van der Waals surface area (Å²) in [4.78, 5) is 0. The van der Waals surface area contributed by atoms with E-state index in [0.717, 1.165) is 48.3 Å². The molecular formula is C29H49ClO. The van der Waals surface area contributed by atoms with Crippen molar-refractivity contribution in [3.8, 4) is 0 Å². The number of rotatable bonds is 6. The third-order valence-electron chi connectivity index (χ3n) is 11.0. The van der Waals surface area contributed by atoms with E-state index in [1.807, 2.05) is 0 Å². The molecule has 0 bridgehead atoms. The van der Waals surface area contributed by atoms with Crippen LogP contribution in [0.1, 0.15) is 106 Å². The van der Waals surface area contributed by atoms with Gasteiger partial charge in [0.15, 0.2) is 0 Å². The van der Waals surface area contributed by atoms with E-state index in [2.05, 4.69) is 47.6 Å². The van der Waals surface area contributed by atoms with Crippen molar-refractivity contribution in [3.05, 3.63) is 11.6 Å². The van der Waals surface area contributed by atoms with E-state index in [9.17, 15) is 5.11 Å². The topological polar surface area (TPSA) is 20.2 Å². The van der Waals surface area contributed by atoms with Crippen molar-refractivity contribution < 1.29 is 5.11 Å². The Hall–Kier alpha value is -0.0100. The van der Waals surface area contributed by atoms with Crippen LogP contribution in [0, 0.1) is 52.3 Å². The van der Waals surface area contributed by atoms with Crippen molar-refractivity contribution in [2.24, 2.45) is 52.3 Å². The molecule has 2 heteroatoms. The van der Waals surface area contributed by atoms with Gasteiger partial charge >= 0.3 is 0 Å². The molecule has 0 heterocycles. The number of aliphatic hydroxyl groups is 1. The molecule has 4 aliphatic carbocycles. The van der Waals surface area contributed by atoms with Crippen LogP contribution >= 0.6 is 11.6 Å². The van der Waals surface area contributed by atoms with Crippen molar-refractivity contribution >= 4 is 11.6 Å². The normalized spacial score (nSPS) is 46.7. The highest BCUT2D eigenvalue weighted by Crippen LogP contribution is 2.68. The molecule has 0 aromatic heterocycles. The number of fused-ring (bicyclic) bond motifs is 5. The van der Waals surface area contributed by atoms with Crippen molar-refractivity contribution in [1.29, 1.82) is 0 Å². The molecule has 0 aromatic rings. The van der Waals surface area contributed by atoms with Gasteiger partial charge in [-0.05, 0) is 104 Å². The van der Waals surface area contributed by atoms with Gasteiger partial charge in [-0.3, -0.25) is 0 Å². The van der Waals surface area contributed by atoms with Gasteiger partial charge in [0.05, 0.1) is 6.10 Å². The van der Waals surface area contributed by atoms with E-state index < -0.39 is 0 Å². The van der Waals surface area contributed by atoms with Crippen molar-refractivity contribution in [1.82, 2.24) is 0 Å². The predicted molar refractivity (Wildman–Crippen MR) is 133 cm³/mol. The van der Waals surface area contributed by atoms with Crippen LogP contribution in [0.4, 0.5) is 0 Å². The minimum atomic E-state index is -0.196. The van der Waals surface area contributed by atoms with Gasteiger partial charge in [0.25, 0.3) is 0 Å². The molecule has 178 valence electrons. The van der Waals surface area contributed by atoms with Crippen molar-refractivity contribution in [2.75, 3.05) is 0 Å². The van der Waals surface area contributed by atoms with Crippen LogP contribution in [0.5, 0.6) is 0 Å². The van der Waals surface area contributed by atoms with Gasteiger partial charge in [-0.2, -0.15) is 0 Å². The molecule has 3 saturated carbocycles. The Balaban J connectivity index is 1.55. The van der Waals surface area contributed by atoms with E-state index in [-0.39, 0.29) is 16.9 Å². The molecular weight excluding hydrogens is 400 g/mol. The van der Waals surface area contributed by atoms with Gasteiger partial charge in [-0.1, -0.05) is 65.5 Å². The summed E-state index contributed by atoms with van der Waals surface area (Å²) in [6, 6.07) is 0. The summed E-state index contributed by atoms with van der Waals surface area (Å²) in [7, 11) is 0. The molecule has 0 spiro atoms. The molecule has 0 radical (unpaired) electrons. The molecule has 3 fully saturated rings. The third kappa shape index (κ3) is 4.07. The Bertz CT molecular complexity index is 668. The Morgan fingerprint density at radius 3 is 2.45 bits per heavy atom. The summed E-state index contributed by atoms with van der Waals surface area (Å²) in [6.07, 6.45) is 15.3. The average molecular weight is 449 g/mol. The van der Waals surface area contributed by atoms with Crippen LogP contribution in [0.15, 0.2) is 11.6 Å². The molecule has 4 rings (SSSR count). The predicted octanol–water partition coefficient (Wildman–Crippen LogP) is 8.24. The number of halogens is 1. The summed E-state index contributed by atoms with van der Waals surface area (Å²) >= 11 is 6.80. The molecule has 0 aliphatic heterocycles. The standard InChI is InChI=1S/C29H49ClO/c1-18(2)8-7-9-19(3)24-12-13-25-23-11-10-21-16-22(31)17-27(20(4)30)29(21,6)26(23)14-15-28(24,25)5/h10,18-20,22-27,31H,7-9,11-17H2,1-6H3/t19-,20?,22-,23+,24-,25+,26+,27?,28-,29+/m1/s1. The lowest BCUT2D eigenvalue weighted by Gasteiger charge is -2.61. The number of hydrogen-bond acceptors (Lipinski definition) is 1. The molecule has 0 saturated heterocycles. The quantitative estimate of drug-likeness (QED) is 0.320. The minimum absolute atomic E-state index is 0.132. The van der Waals surface area contributed by atoms with Gasteiger partial charge < -0.3 is 5.11 Å². The van der Waals surface area contributed by atoms with Crippen LogP contribution in [0.3, 0.4) is 0 Å². The molecule has 1 nitrogen and oxygen atoms in total. The van der Waals surface area contributed by atoms with Crippen LogP contribution in [-0.2, 0) is 0 Å². The molecule has 0 aromatic carbocycles. The number of alkyl halides is 1. The summed E-state index contributed by atoms with van der Waals surface area (Å²) in [5.41, 5.74) is 2.28. The zero-order valence-corrected chi connectivity index (χ0v) is 21.9. The van der Waals surface area contributed by atoms with Gasteiger partial charge in [0.1, 0.15) is 0 Å². The summed E-state index contributed by atoms with van der Waals surface area (Å²) in [5, 5.41) is 10.7. The maximum atomic E-state index is 10.6. The van der Waals surface area contributed by atoms with Gasteiger partial charge in [0, 0.05) is 5.38 Å². The number of aliphatic hydroxyl groups excluding tert-OH is 1. The fourth-order valence-corrected chi connectivity index (χ4v) is 9.84. The van der Waals surface area contributed by atoms with E-state index >= 15 is 0 Å². The molecule has 1 N–H and O–H groups in total. The molecule has 31 heavy (non-hydrogen) atoms. The SMILES string of the molecule is CC(C)CCC[C@@H](C)[C@H]1CC[C@H]2[C@@H]3CC=C4C[C@@H](O)CC(C(C)Cl)[C@]4(C)[C@H]3CC[C@]12C.